The maximum Gasteiger partial charge on any atom is 0.330 e. The molecular formula is C34H50N2O3. The molecule has 5 nitrogen and oxygen atoms in total. The second kappa shape index (κ2) is 21.9. The van der Waals surface area contributed by atoms with Crippen molar-refractivity contribution in [2.45, 2.75) is 110 Å². The van der Waals surface area contributed by atoms with Crippen LogP contribution in [0, 0.1) is 0 Å². The van der Waals surface area contributed by atoms with Crippen molar-refractivity contribution in [1.29, 1.82) is 0 Å². The number of hydrogen-bond donors (Lipinski definition) is 0. The zero-order valence-electron chi connectivity index (χ0n) is 24.3. The summed E-state index contributed by atoms with van der Waals surface area (Å²) in [4.78, 5) is 11.0. The molecule has 0 aromatic heterocycles. The zero-order chi connectivity index (χ0) is 27.8. The first-order valence-corrected chi connectivity index (χ1v) is 15.2. The summed E-state index contributed by atoms with van der Waals surface area (Å²) in [5.41, 5.74) is 3.04. The minimum Gasteiger partial charge on any atom is -0.494 e. The summed E-state index contributed by atoms with van der Waals surface area (Å²) in [5.74, 6) is 0.568. The molecule has 0 aliphatic heterocycles. The number of aryl methyl sites for hydroxylation is 1. The summed E-state index contributed by atoms with van der Waals surface area (Å²) >= 11 is 0. The summed E-state index contributed by atoms with van der Waals surface area (Å²) in [6.45, 7) is 6.94. The van der Waals surface area contributed by atoms with Crippen molar-refractivity contribution in [2.75, 3.05) is 13.2 Å². The number of azo groups is 1. The van der Waals surface area contributed by atoms with Gasteiger partial charge in [-0.05, 0) is 67.6 Å². The van der Waals surface area contributed by atoms with Crippen molar-refractivity contribution in [3.63, 3.8) is 0 Å². The lowest BCUT2D eigenvalue weighted by atomic mass is 10.0. The molecule has 0 unspecified atom stereocenters. The van der Waals surface area contributed by atoms with Gasteiger partial charge in [0.15, 0.2) is 0 Å². The fourth-order valence-corrected chi connectivity index (χ4v) is 4.43. The maximum absolute atomic E-state index is 11.0. The number of unbranched alkanes of at least 4 members (excludes halogenated alkanes) is 13. The van der Waals surface area contributed by atoms with Gasteiger partial charge in [-0.1, -0.05) is 103 Å². The van der Waals surface area contributed by atoms with Gasteiger partial charge in [-0.3, -0.25) is 0 Å². The lowest BCUT2D eigenvalue weighted by molar-refractivity contribution is -0.137. The van der Waals surface area contributed by atoms with Gasteiger partial charge < -0.3 is 9.47 Å². The van der Waals surface area contributed by atoms with Crippen molar-refractivity contribution >= 4 is 17.3 Å². The van der Waals surface area contributed by atoms with Gasteiger partial charge in [0.2, 0.25) is 0 Å². The van der Waals surface area contributed by atoms with Crippen LogP contribution in [0.2, 0.25) is 0 Å². The number of carbonyl (C=O) groups excluding carboxylic acids is 1. The van der Waals surface area contributed by atoms with Crippen molar-refractivity contribution in [1.82, 2.24) is 0 Å². The Kier molecular flexibility index (Phi) is 18.1. The monoisotopic (exact) mass is 534 g/mol. The van der Waals surface area contributed by atoms with Crippen LogP contribution in [-0.2, 0) is 16.0 Å². The van der Waals surface area contributed by atoms with E-state index in [0.29, 0.717) is 6.61 Å². The third-order valence-corrected chi connectivity index (χ3v) is 6.84. The molecule has 0 atom stereocenters. The number of esters is 1. The molecule has 0 bridgehead atoms. The summed E-state index contributed by atoms with van der Waals surface area (Å²) in [5, 5.41) is 8.76. The Morgan fingerprint density at radius 2 is 1.15 bits per heavy atom. The average Bonchev–Trinajstić information content (AvgIpc) is 2.97. The van der Waals surface area contributed by atoms with Gasteiger partial charge in [0.1, 0.15) is 5.75 Å². The molecule has 0 amide bonds. The van der Waals surface area contributed by atoms with Crippen LogP contribution < -0.4 is 4.74 Å². The van der Waals surface area contributed by atoms with Gasteiger partial charge in [0, 0.05) is 6.08 Å². The van der Waals surface area contributed by atoms with Crippen LogP contribution in [0.15, 0.2) is 71.4 Å². The number of ether oxygens (including phenoxy) is 2. The first-order valence-electron chi connectivity index (χ1n) is 15.2. The first-order chi connectivity index (χ1) is 19.2. The summed E-state index contributed by atoms with van der Waals surface area (Å²) in [7, 11) is 0. The third-order valence-electron chi connectivity index (χ3n) is 6.84. The van der Waals surface area contributed by atoms with Crippen LogP contribution in [0.5, 0.6) is 5.75 Å². The summed E-state index contributed by atoms with van der Waals surface area (Å²) in [6.07, 6.45) is 20.9. The van der Waals surface area contributed by atoms with Crippen molar-refractivity contribution < 1.29 is 14.3 Å². The van der Waals surface area contributed by atoms with Gasteiger partial charge in [-0.2, -0.15) is 10.2 Å². The number of carbonyl (C=O) groups is 1. The fourth-order valence-electron chi connectivity index (χ4n) is 4.43. The Bertz CT molecular complexity index is 922. The zero-order valence-corrected chi connectivity index (χ0v) is 24.3. The van der Waals surface area contributed by atoms with Crippen LogP contribution in [-0.4, -0.2) is 19.2 Å². The highest BCUT2D eigenvalue weighted by Gasteiger charge is 1.99. The highest BCUT2D eigenvalue weighted by molar-refractivity contribution is 5.81. The summed E-state index contributed by atoms with van der Waals surface area (Å²) < 4.78 is 10.9. The SMILES string of the molecule is C=CC(=O)OCCCCCCCCCc1ccc(N=Nc2ccc(OCCCCCCCCCC)cc2)cc1. The standard InChI is InChI=1S/C34H50N2O3/c1-3-5-6-7-8-11-14-17-28-38-33-26-24-32(25-27-33)36-35-31-22-20-30(21-23-31)19-16-13-10-9-12-15-18-29-39-34(37)4-2/h4,20-27H,2-3,5-19,28-29H2,1H3. The lowest BCUT2D eigenvalue weighted by Gasteiger charge is -2.06. The minimum atomic E-state index is -0.328. The quantitative estimate of drug-likeness (QED) is 0.0616. The van der Waals surface area contributed by atoms with E-state index in [0.717, 1.165) is 49.4 Å². The highest BCUT2D eigenvalue weighted by atomic mass is 16.5. The molecule has 0 saturated heterocycles. The number of nitrogens with zero attached hydrogens (tertiary/aromatic N) is 2. The van der Waals surface area contributed by atoms with E-state index >= 15 is 0 Å². The van der Waals surface area contributed by atoms with Crippen molar-refractivity contribution in [3.8, 4) is 5.75 Å². The van der Waals surface area contributed by atoms with E-state index in [2.05, 4.69) is 35.9 Å². The third kappa shape index (κ3) is 16.6. The van der Waals surface area contributed by atoms with E-state index in [1.165, 1.54) is 88.7 Å². The van der Waals surface area contributed by atoms with Gasteiger partial charge >= 0.3 is 5.97 Å². The predicted octanol–water partition coefficient (Wildman–Crippen LogP) is 10.6. The second-order valence-corrected chi connectivity index (χ2v) is 10.3. The average molecular weight is 535 g/mol. The molecule has 0 aliphatic carbocycles. The molecule has 0 saturated carbocycles. The topological polar surface area (TPSA) is 60.2 Å². The Morgan fingerprint density at radius 1 is 0.667 bits per heavy atom. The minimum absolute atomic E-state index is 0.328. The maximum atomic E-state index is 11.0. The molecule has 0 radical (unpaired) electrons. The Hall–Kier alpha value is -2.95. The molecule has 0 aliphatic rings. The Labute approximate surface area is 237 Å². The molecule has 5 heteroatoms. The van der Waals surface area contributed by atoms with Gasteiger partial charge in [-0.25, -0.2) is 4.79 Å². The molecule has 214 valence electrons. The molecule has 2 rings (SSSR count). The number of benzene rings is 2. The summed E-state index contributed by atoms with van der Waals surface area (Å²) in [6, 6.07) is 16.3. The first kappa shape index (κ1) is 32.3. The van der Waals surface area contributed by atoms with Crippen LogP contribution in [0.25, 0.3) is 0 Å². The van der Waals surface area contributed by atoms with Crippen molar-refractivity contribution in [3.05, 3.63) is 66.7 Å². The van der Waals surface area contributed by atoms with Gasteiger partial charge in [-0.15, -0.1) is 0 Å². The fraction of sp³-hybridized carbons (Fsp3) is 0.559. The van der Waals surface area contributed by atoms with Crippen LogP contribution >= 0.6 is 0 Å². The van der Waals surface area contributed by atoms with E-state index in [1.54, 1.807) is 0 Å². The van der Waals surface area contributed by atoms with Crippen LogP contribution in [0.1, 0.15) is 109 Å². The molecule has 39 heavy (non-hydrogen) atoms. The number of rotatable bonds is 23. The largest absolute Gasteiger partial charge is 0.494 e. The second-order valence-electron chi connectivity index (χ2n) is 10.3. The Balaban J connectivity index is 1.53. The highest BCUT2D eigenvalue weighted by Crippen LogP contribution is 2.22. The normalized spacial score (nSPS) is 11.1. The van der Waals surface area contributed by atoms with E-state index in [9.17, 15) is 4.79 Å². The molecule has 2 aromatic rings. The van der Waals surface area contributed by atoms with Gasteiger partial charge in [0.05, 0.1) is 24.6 Å². The van der Waals surface area contributed by atoms with E-state index in [4.69, 9.17) is 9.47 Å². The smallest absolute Gasteiger partial charge is 0.330 e. The molecule has 0 fully saturated rings. The van der Waals surface area contributed by atoms with Crippen LogP contribution in [0.4, 0.5) is 11.4 Å². The lowest BCUT2D eigenvalue weighted by Crippen LogP contribution is -2.01. The van der Waals surface area contributed by atoms with E-state index in [1.807, 2.05) is 36.4 Å². The van der Waals surface area contributed by atoms with E-state index in [-0.39, 0.29) is 5.97 Å². The molecule has 0 heterocycles. The molecule has 2 aromatic carbocycles. The Morgan fingerprint density at radius 3 is 1.72 bits per heavy atom. The van der Waals surface area contributed by atoms with E-state index < -0.39 is 0 Å². The molecule has 0 N–H and O–H groups in total. The van der Waals surface area contributed by atoms with Crippen LogP contribution in [0.3, 0.4) is 0 Å². The van der Waals surface area contributed by atoms with Gasteiger partial charge in [0.25, 0.3) is 0 Å². The molecule has 0 spiro atoms. The number of hydrogen-bond acceptors (Lipinski definition) is 5. The predicted molar refractivity (Wildman–Crippen MR) is 162 cm³/mol. The molecular weight excluding hydrogens is 484 g/mol. The van der Waals surface area contributed by atoms with Crippen molar-refractivity contribution in [2.24, 2.45) is 10.2 Å².